The van der Waals surface area contributed by atoms with Gasteiger partial charge >= 0.3 is 5.96 Å². The summed E-state index contributed by atoms with van der Waals surface area (Å²) in [5, 5.41) is 0. The molecule has 1 fully saturated rings. The summed E-state index contributed by atoms with van der Waals surface area (Å²) in [5.74, 6) is 3.93. The van der Waals surface area contributed by atoms with E-state index >= 15 is 0 Å². The number of thioether (sulfide) groups is 1. The van der Waals surface area contributed by atoms with Gasteiger partial charge in [0.1, 0.15) is 0 Å². The highest BCUT2D eigenvalue weighted by molar-refractivity contribution is 7.99. The molecule has 0 N–H and O–H groups in total. The molecular weight excluding hydrogens is 222 g/mol. The molecular formula is C11H22N3OS+. The lowest BCUT2D eigenvalue weighted by Gasteiger charge is -2.27. The molecule has 2 heterocycles. The van der Waals surface area contributed by atoms with E-state index in [1.165, 1.54) is 30.6 Å². The van der Waals surface area contributed by atoms with Crippen LogP contribution in [0.1, 0.15) is 0 Å². The molecule has 2 aliphatic heterocycles. The lowest BCUT2D eigenvalue weighted by molar-refractivity contribution is -0.491. The highest BCUT2D eigenvalue weighted by Crippen LogP contribution is 2.13. The van der Waals surface area contributed by atoms with E-state index in [0.29, 0.717) is 0 Å². The Bertz CT molecular complexity index is 264. The Labute approximate surface area is 102 Å². The van der Waals surface area contributed by atoms with Gasteiger partial charge in [0, 0.05) is 18.6 Å². The molecule has 0 aliphatic carbocycles. The van der Waals surface area contributed by atoms with Crippen LogP contribution in [0.15, 0.2) is 0 Å². The first-order valence-corrected chi connectivity index (χ1v) is 7.13. The fourth-order valence-corrected chi connectivity index (χ4v) is 3.23. The first kappa shape index (κ1) is 12.0. The number of nitrogens with zero attached hydrogens (tertiary/aromatic N) is 3. The lowest BCUT2D eigenvalue weighted by atomic mass is 10.4. The number of rotatable bonds is 3. The Morgan fingerprint density at radius 2 is 2.06 bits per heavy atom. The third kappa shape index (κ3) is 2.63. The summed E-state index contributed by atoms with van der Waals surface area (Å²) in [5.41, 5.74) is 0. The zero-order chi connectivity index (χ0) is 11.4. The van der Waals surface area contributed by atoms with Gasteiger partial charge in [0.15, 0.2) is 0 Å². The number of ether oxygens (including phenoxy) is 1. The number of hydrogen-bond acceptors (Lipinski definition) is 4. The smallest absolute Gasteiger partial charge is 0.350 e. The summed E-state index contributed by atoms with van der Waals surface area (Å²) in [6.45, 7) is 6.49. The molecule has 0 amide bonds. The quantitative estimate of drug-likeness (QED) is 0.650. The highest BCUT2D eigenvalue weighted by Gasteiger charge is 2.33. The Kier molecular flexibility index (Phi) is 4.35. The van der Waals surface area contributed by atoms with Crippen molar-refractivity contribution < 1.29 is 9.31 Å². The van der Waals surface area contributed by atoms with Gasteiger partial charge in [-0.25, -0.2) is 0 Å². The van der Waals surface area contributed by atoms with Crippen molar-refractivity contribution in [3.63, 3.8) is 0 Å². The van der Waals surface area contributed by atoms with Gasteiger partial charge in [-0.05, 0) is 0 Å². The van der Waals surface area contributed by atoms with Gasteiger partial charge in [-0.1, -0.05) is 0 Å². The second-order valence-electron chi connectivity index (χ2n) is 4.30. The van der Waals surface area contributed by atoms with Gasteiger partial charge < -0.3 is 4.74 Å². The average Bonchev–Trinajstić information content (AvgIpc) is 2.69. The molecule has 0 radical (unpaired) electrons. The zero-order valence-electron chi connectivity index (χ0n) is 10.3. The van der Waals surface area contributed by atoms with Crippen LogP contribution >= 0.6 is 11.8 Å². The van der Waals surface area contributed by atoms with Crippen molar-refractivity contribution in [1.82, 2.24) is 9.80 Å². The SMILES string of the molecule is COCCN1CC[N+](C)=C1N1CCSCC1. The Balaban J connectivity index is 1.99. The summed E-state index contributed by atoms with van der Waals surface area (Å²) < 4.78 is 7.56. The number of likely N-dealkylation sites (N-methyl/N-ethyl adjacent to an activating group) is 1. The van der Waals surface area contributed by atoms with Crippen LogP contribution in [0.3, 0.4) is 0 Å². The van der Waals surface area contributed by atoms with E-state index in [9.17, 15) is 0 Å². The second kappa shape index (κ2) is 5.77. The highest BCUT2D eigenvalue weighted by atomic mass is 32.2. The van der Waals surface area contributed by atoms with Crippen LogP contribution in [0.4, 0.5) is 0 Å². The first-order valence-electron chi connectivity index (χ1n) is 5.97. The summed E-state index contributed by atoms with van der Waals surface area (Å²) in [4.78, 5) is 4.98. The zero-order valence-corrected chi connectivity index (χ0v) is 11.1. The third-order valence-corrected chi connectivity index (χ3v) is 4.13. The van der Waals surface area contributed by atoms with Crippen molar-refractivity contribution in [2.45, 2.75) is 0 Å². The van der Waals surface area contributed by atoms with E-state index in [0.717, 1.165) is 26.2 Å². The molecule has 1 saturated heterocycles. The standard InChI is InChI=1S/C11H22N3OS/c1-12-3-4-13(5-8-15-2)11(12)14-6-9-16-10-7-14/h3-10H2,1-2H3/q+1. The first-order chi connectivity index (χ1) is 7.83. The average molecular weight is 244 g/mol. The van der Waals surface area contributed by atoms with Gasteiger partial charge in [0.05, 0.1) is 46.4 Å². The normalized spacial score (nSPS) is 22.1. The molecule has 2 rings (SSSR count). The minimum atomic E-state index is 0.819. The summed E-state index contributed by atoms with van der Waals surface area (Å²) in [6, 6.07) is 0. The fraction of sp³-hybridized carbons (Fsp3) is 0.909. The van der Waals surface area contributed by atoms with Gasteiger partial charge in [0.2, 0.25) is 0 Å². The van der Waals surface area contributed by atoms with Crippen LogP contribution in [-0.4, -0.2) is 85.3 Å². The van der Waals surface area contributed by atoms with Crippen LogP contribution in [0.25, 0.3) is 0 Å². The van der Waals surface area contributed by atoms with Crippen molar-refractivity contribution in [2.75, 3.05) is 65.0 Å². The molecule has 16 heavy (non-hydrogen) atoms. The Hall–Kier alpha value is -0.420. The molecule has 0 bridgehead atoms. The molecule has 0 aromatic heterocycles. The second-order valence-corrected chi connectivity index (χ2v) is 5.53. The number of methoxy groups -OCH3 is 1. The molecule has 92 valence electrons. The van der Waals surface area contributed by atoms with Gasteiger partial charge in [-0.2, -0.15) is 11.8 Å². The van der Waals surface area contributed by atoms with Crippen molar-refractivity contribution in [1.29, 1.82) is 0 Å². The maximum Gasteiger partial charge on any atom is 0.350 e. The van der Waals surface area contributed by atoms with Crippen molar-refractivity contribution >= 4 is 17.7 Å². The van der Waals surface area contributed by atoms with Crippen LogP contribution in [-0.2, 0) is 4.74 Å². The van der Waals surface area contributed by atoms with E-state index in [4.69, 9.17) is 4.74 Å². The minimum absolute atomic E-state index is 0.819. The van der Waals surface area contributed by atoms with E-state index in [-0.39, 0.29) is 0 Å². The topological polar surface area (TPSA) is 18.7 Å². The molecule has 0 aromatic carbocycles. The summed E-state index contributed by atoms with van der Waals surface area (Å²) in [6.07, 6.45) is 0. The third-order valence-electron chi connectivity index (χ3n) is 3.19. The van der Waals surface area contributed by atoms with E-state index in [1.54, 1.807) is 7.11 Å². The molecule has 0 aromatic rings. The predicted octanol–water partition coefficient (Wildman–Crippen LogP) is -0.00450. The van der Waals surface area contributed by atoms with Gasteiger partial charge in [-0.15, -0.1) is 0 Å². The predicted molar refractivity (Wildman–Crippen MR) is 68.4 cm³/mol. The van der Waals surface area contributed by atoms with Crippen LogP contribution in [0, 0.1) is 0 Å². The number of guanidine groups is 1. The van der Waals surface area contributed by atoms with E-state index in [1.807, 2.05) is 0 Å². The summed E-state index contributed by atoms with van der Waals surface area (Å²) in [7, 11) is 3.97. The molecule has 2 aliphatic rings. The van der Waals surface area contributed by atoms with Crippen LogP contribution in [0.2, 0.25) is 0 Å². The van der Waals surface area contributed by atoms with Gasteiger partial charge in [0.25, 0.3) is 0 Å². The molecule has 0 saturated carbocycles. The molecule has 4 nitrogen and oxygen atoms in total. The van der Waals surface area contributed by atoms with Crippen molar-refractivity contribution in [2.24, 2.45) is 0 Å². The van der Waals surface area contributed by atoms with E-state index < -0.39 is 0 Å². The molecule has 0 atom stereocenters. The van der Waals surface area contributed by atoms with Gasteiger partial charge in [-0.3, -0.25) is 14.4 Å². The number of hydrogen-bond donors (Lipinski definition) is 0. The molecule has 5 heteroatoms. The molecule has 0 spiro atoms. The molecule has 0 unspecified atom stereocenters. The maximum atomic E-state index is 5.18. The van der Waals surface area contributed by atoms with Crippen LogP contribution in [0.5, 0.6) is 0 Å². The Morgan fingerprint density at radius 3 is 2.75 bits per heavy atom. The maximum absolute atomic E-state index is 5.18. The largest absolute Gasteiger partial charge is 0.381 e. The summed E-state index contributed by atoms with van der Waals surface area (Å²) >= 11 is 2.06. The van der Waals surface area contributed by atoms with Crippen LogP contribution < -0.4 is 0 Å². The lowest BCUT2D eigenvalue weighted by Crippen LogP contribution is -2.48. The van der Waals surface area contributed by atoms with E-state index in [2.05, 4.69) is 33.2 Å². The Morgan fingerprint density at radius 1 is 1.31 bits per heavy atom. The minimum Gasteiger partial charge on any atom is -0.381 e. The van der Waals surface area contributed by atoms with Crippen molar-refractivity contribution in [3.05, 3.63) is 0 Å². The van der Waals surface area contributed by atoms with Crippen molar-refractivity contribution in [3.8, 4) is 0 Å². The monoisotopic (exact) mass is 244 g/mol. The fourth-order valence-electron chi connectivity index (χ4n) is 2.33.